The molecule has 5 aliphatic rings. The van der Waals surface area contributed by atoms with Gasteiger partial charge in [0.25, 0.3) is 11.8 Å². The third-order valence-corrected chi connectivity index (χ3v) is 12.4. The molecule has 0 spiro atoms. The number of hydrogen-bond donors (Lipinski definition) is 3. The maximum atomic E-state index is 13.1. The fraction of sp³-hybridized carbons (Fsp3) is 0.500. The number of hydrogen-bond acceptors (Lipinski definition) is 13. The summed E-state index contributed by atoms with van der Waals surface area (Å²) in [6.07, 6.45) is 5.62. The van der Waals surface area contributed by atoms with E-state index in [1.807, 2.05) is 12.1 Å². The van der Waals surface area contributed by atoms with Gasteiger partial charge in [-0.25, -0.2) is 8.42 Å². The van der Waals surface area contributed by atoms with E-state index in [1.54, 1.807) is 22.8 Å². The molecule has 3 fully saturated rings. The highest BCUT2D eigenvalue weighted by Gasteiger charge is 2.44. The van der Waals surface area contributed by atoms with Crippen LogP contribution >= 0.6 is 0 Å². The lowest BCUT2D eigenvalue weighted by Crippen LogP contribution is -2.54. The van der Waals surface area contributed by atoms with Crippen molar-refractivity contribution in [1.29, 1.82) is 5.26 Å². The maximum Gasteiger partial charge on any atom is 0.262 e. The van der Waals surface area contributed by atoms with Crippen molar-refractivity contribution in [2.24, 2.45) is 4.99 Å². The number of anilines is 1. The van der Waals surface area contributed by atoms with E-state index in [2.05, 4.69) is 31.9 Å². The van der Waals surface area contributed by atoms with Crippen molar-refractivity contribution in [2.45, 2.75) is 62.8 Å². The first kappa shape index (κ1) is 36.6. The first-order chi connectivity index (χ1) is 25.6. The van der Waals surface area contributed by atoms with Gasteiger partial charge in [-0.05, 0) is 68.5 Å². The fourth-order valence-electron chi connectivity index (χ4n) is 7.72. The van der Waals surface area contributed by atoms with Gasteiger partial charge < -0.3 is 14.8 Å². The molecule has 0 bridgehead atoms. The first-order valence-corrected chi connectivity index (χ1v) is 19.6. The third kappa shape index (κ3) is 7.97. The number of imide groups is 2. The summed E-state index contributed by atoms with van der Waals surface area (Å²) in [6.45, 7) is 2.45. The average molecular weight is 747 g/mol. The number of ether oxygens (including phenoxy) is 2. The number of nitrogens with zero attached hydrogens (tertiary/aromatic N) is 5. The molecule has 53 heavy (non-hydrogen) atoms. The summed E-state index contributed by atoms with van der Waals surface area (Å²) in [5.74, 6) is -2.16. The minimum Gasteiger partial charge on any atom is -0.491 e. The van der Waals surface area contributed by atoms with Gasteiger partial charge in [-0.15, -0.1) is 0 Å². The molecule has 0 radical (unpaired) electrons. The molecular weight excluding hydrogens is 705 g/mol. The van der Waals surface area contributed by atoms with Crippen LogP contribution in [0.4, 0.5) is 5.69 Å². The predicted molar refractivity (Wildman–Crippen MR) is 192 cm³/mol. The molecule has 2 aromatic rings. The number of amides is 4. The smallest absolute Gasteiger partial charge is 0.262 e. The number of carbonyl (C=O) groups is 4. The van der Waals surface area contributed by atoms with Crippen LogP contribution in [0.1, 0.15) is 76.5 Å². The number of nitrogens with one attached hydrogen (secondary N) is 3. The van der Waals surface area contributed by atoms with E-state index >= 15 is 0 Å². The number of benzene rings is 2. The molecule has 2 atom stereocenters. The van der Waals surface area contributed by atoms with Gasteiger partial charge in [0.15, 0.2) is 0 Å². The molecule has 4 heterocycles. The van der Waals surface area contributed by atoms with E-state index in [0.717, 1.165) is 41.8 Å². The van der Waals surface area contributed by atoms with Gasteiger partial charge in [-0.1, -0.05) is 0 Å². The van der Waals surface area contributed by atoms with Gasteiger partial charge in [-0.3, -0.25) is 44.6 Å². The van der Waals surface area contributed by atoms with Crippen molar-refractivity contribution in [2.75, 3.05) is 57.1 Å². The van der Waals surface area contributed by atoms with E-state index in [1.165, 1.54) is 12.1 Å². The number of piperazine rings is 1. The average Bonchev–Trinajstić information content (AvgIpc) is 3.41. The van der Waals surface area contributed by atoms with Crippen molar-refractivity contribution < 1.29 is 37.1 Å². The van der Waals surface area contributed by atoms with E-state index in [9.17, 15) is 32.9 Å². The molecule has 17 heteroatoms. The van der Waals surface area contributed by atoms with E-state index in [4.69, 9.17) is 9.47 Å². The second-order valence-electron chi connectivity index (χ2n) is 13.8. The highest BCUT2D eigenvalue weighted by molar-refractivity contribution is 7.89. The van der Waals surface area contributed by atoms with Crippen LogP contribution in [0.15, 0.2) is 41.4 Å². The Kier molecular flexibility index (Phi) is 10.9. The van der Waals surface area contributed by atoms with Crippen molar-refractivity contribution in [3.63, 3.8) is 0 Å². The standard InChI is InChI=1S/C36H42N8O8S/c37-21-23-1-8-30-29(19-23)33(39-22-38-30)40-24-2-4-25(5-3-24)42-11-13-43(14-12-42)53(49,50)18-17-51-15-16-52-26-6-7-27-28(20-26)36(48)44(35(27)47)31-9-10-32(45)41-34(31)46/h1,6-8,19-20,22,24-25,31,33,40H,2-5,9-18H2,(H,38,39)(H,41,45,46). The topological polar surface area (TPSA) is 203 Å². The molecule has 4 amide bonds. The van der Waals surface area contributed by atoms with Crippen LogP contribution in [-0.4, -0.2) is 122 Å². The lowest BCUT2D eigenvalue weighted by Gasteiger charge is -2.42. The summed E-state index contributed by atoms with van der Waals surface area (Å²) < 4.78 is 39.0. The van der Waals surface area contributed by atoms with Crippen molar-refractivity contribution >= 4 is 45.7 Å². The van der Waals surface area contributed by atoms with Crippen LogP contribution in [0.5, 0.6) is 5.75 Å². The molecule has 2 unspecified atom stereocenters. The molecule has 2 aromatic carbocycles. The number of nitriles is 1. The molecule has 7 rings (SSSR count). The van der Waals surface area contributed by atoms with Gasteiger partial charge in [0.1, 0.15) is 24.6 Å². The van der Waals surface area contributed by atoms with Crippen LogP contribution in [0.25, 0.3) is 0 Å². The number of sulfonamides is 1. The number of piperidine rings is 1. The van der Waals surface area contributed by atoms with Gasteiger partial charge in [0, 0.05) is 55.9 Å². The summed E-state index contributed by atoms with van der Waals surface area (Å²) in [6, 6.07) is 11.9. The van der Waals surface area contributed by atoms with Gasteiger partial charge in [-0.2, -0.15) is 9.57 Å². The lowest BCUT2D eigenvalue weighted by molar-refractivity contribution is -0.136. The van der Waals surface area contributed by atoms with Crippen LogP contribution in [0, 0.1) is 11.3 Å². The van der Waals surface area contributed by atoms with E-state index < -0.39 is 39.7 Å². The van der Waals surface area contributed by atoms with Gasteiger partial charge in [0.05, 0.1) is 48.1 Å². The van der Waals surface area contributed by atoms with E-state index in [-0.39, 0.29) is 55.7 Å². The van der Waals surface area contributed by atoms with Crippen molar-refractivity contribution in [3.8, 4) is 11.8 Å². The molecule has 0 aromatic heterocycles. The Morgan fingerprint density at radius 1 is 0.906 bits per heavy atom. The Bertz CT molecular complexity index is 1950. The monoisotopic (exact) mass is 746 g/mol. The van der Waals surface area contributed by atoms with Crippen LogP contribution in [0.3, 0.4) is 0 Å². The Morgan fingerprint density at radius 2 is 1.68 bits per heavy atom. The summed E-state index contributed by atoms with van der Waals surface area (Å²) >= 11 is 0. The van der Waals surface area contributed by atoms with Crippen LogP contribution in [-0.2, 0) is 24.3 Å². The highest BCUT2D eigenvalue weighted by Crippen LogP contribution is 2.32. The number of rotatable bonds is 12. The van der Waals surface area contributed by atoms with Crippen molar-refractivity contribution in [3.05, 3.63) is 58.7 Å². The normalized spacial score (nSPS) is 25.0. The second kappa shape index (κ2) is 15.7. The number of fused-ring (bicyclic) bond motifs is 2. The fourth-order valence-corrected chi connectivity index (χ4v) is 9.02. The number of carbonyl (C=O) groups excluding carboxylic acids is 4. The Balaban J connectivity index is 0.796. The quantitative estimate of drug-likeness (QED) is 0.208. The molecule has 1 saturated carbocycles. The molecular formula is C36H42N8O8S. The molecule has 16 nitrogen and oxygen atoms in total. The molecule has 1 aliphatic carbocycles. The third-order valence-electron chi connectivity index (χ3n) is 10.6. The summed E-state index contributed by atoms with van der Waals surface area (Å²) in [5.41, 5.74) is 2.80. The number of aliphatic imine (C=N–C) groups is 1. The SMILES string of the molecule is N#Cc1ccc2c(c1)C(NC1CCC(N3CCN(S(=O)(=O)CCOCCOc4ccc5c(c4)C(=O)N(C4CCC(=O)NC4=O)C5=O)CC3)CC1)N=CN2. The highest BCUT2D eigenvalue weighted by atomic mass is 32.2. The zero-order valence-corrected chi connectivity index (χ0v) is 30.0. The Morgan fingerprint density at radius 3 is 2.43 bits per heavy atom. The zero-order chi connectivity index (χ0) is 37.1. The lowest BCUT2D eigenvalue weighted by atomic mass is 9.89. The van der Waals surface area contributed by atoms with E-state index in [0.29, 0.717) is 49.6 Å². The zero-order valence-electron chi connectivity index (χ0n) is 29.2. The summed E-state index contributed by atoms with van der Waals surface area (Å²) in [5, 5.41) is 18.3. The van der Waals surface area contributed by atoms with Crippen LogP contribution in [0.2, 0.25) is 0 Å². The Labute approximate surface area is 307 Å². The maximum absolute atomic E-state index is 13.1. The molecule has 4 aliphatic heterocycles. The predicted octanol–water partition coefficient (Wildman–Crippen LogP) is 1.36. The molecule has 3 N–H and O–H groups in total. The van der Waals surface area contributed by atoms with Gasteiger partial charge >= 0.3 is 0 Å². The summed E-state index contributed by atoms with van der Waals surface area (Å²) in [7, 11) is -3.50. The minimum absolute atomic E-state index is 0.00438. The first-order valence-electron chi connectivity index (χ1n) is 18.0. The molecule has 2 saturated heterocycles. The second-order valence-corrected chi connectivity index (χ2v) is 15.9. The van der Waals surface area contributed by atoms with Crippen molar-refractivity contribution in [1.82, 2.24) is 24.7 Å². The summed E-state index contributed by atoms with van der Waals surface area (Å²) in [4.78, 5) is 57.6. The molecule has 280 valence electrons. The van der Waals surface area contributed by atoms with Crippen LogP contribution < -0.4 is 20.7 Å². The van der Waals surface area contributed by atoms with Gasteiger partial charge in [0.2, 0.25) is 21.8 Å². The largest absolute Gasteiger partial charge is 0.491 e. The minimum atomic E-state index is -3.50. The Hall–Kier alpha value is -4.73.